The van der Waals surface area contributed by atoms with Gasteiger partial charge in [0.05, 0.1) is 22.2 Å². The predicted molar refractivity (Wildman–Crippen MR) is 82.0 cm³/mol. The average Bonchev–Trinajstić information content (AvgIpc) is 2.33. The van der Waals surface area contributed by atoms with Crippen molar-refractivity contribution in [3.63, 3.8) is 0 Å². The minimum atomic E-state index is -4.63. The molecule has 1 atom stereocenters. The van der Waals surface area contributed by atoms with Crippen molar-refractivity contribution in [2.45, 2.75) is 26.1 Å². The molecule has 0 aliphatic heterocycles. The number of nitrogens with two attached hydrogens (primary N) is 1. The highest BCUT2D eigenvalue weighted by Gasteiger charge is 2.36. The molecular formula is C13H14BrF3N2OS. The van der Waals surface area contributed by atoms with Gasteiger partial charge in [-0.15, -0.1) is 0 Å². The van der Waals surface area contributed by atoms with Gasteiger partial charge in [0.15, 0.2) is 0 Å². The fourth-order valence-electron chi connectivity index (χ4n) is 1.73. The maximum Gasteiger partial charge on any atom is 0.417 e. The van der Waals surface area contributed by atoms with Crippen LogP contribution in [-0.2, 0) is 6.18 Å². The van der Waals surface area contributed by atoms with Gasteiger partial charge in [0, 0.05) is 4.47 Å². The summed E-state index contributed by atoms with van der Waals surface area (Å²) in [4.78, 5) is 12.1. The SMILES string of the molecule is CC(C)C(NC(=O)c1ccc(Br)cc1C(F)(F)F)C(N)=S. The summed E-state index contributed by atoms with van der Waals surface area (Å²) in [6.45, 7) is 3.52. The zero-order chi connectivity index (χ0) is 16.4. The maximum absolute atomic E-state index is 13.0. The van der Waals surface area contributed by atoms with Crippen molar-refractivity contribution in [3.8, 4) is 0 Å². The molecule has 0 saturated carbocycles. The number of hydrogen-bond acceptors (Lipinski definition) is 2. The van der Waals surface area contributed by atoms with E-state index in [2.05, 4.69) is 21.2 Å². The summed E-state index contributed by atoms with van der Waals surface area (Å²) < 4.78 is 39.2. The molecule has 0 heterocycles. The van der Waals surface area contributed by atoms with Crippen LogP contribution in [0.5, 0.6) is 0 Å². The molecule has 0 fully saturated rings. The number of rotatable bonds is 4. The number of hydrogen-bond donors (Lipinski definition) is 2. The Labute approximate surface area is 134 Å². The molecule has 1 unspecified atom stereocenters. The Morgan fingerprint density at radius 2 is 1.95 bits per heavy atom. The molecular weight excluding hydrogens is 369 g/mol. The summed E-state index contributed by atoms with van der Waals surface area (Å²) in [6, 6.07) is 2.67. The number of halogens is 4. The van der Waals surface area contributed by atoms with E-state index in [0.29, 0.717) is 0 Å². The van der Waals surface area contributed by atoms with Crippen molar-refractivity contribution in [1.82, 2.24) is 5.32 Å². The number of thiocarbonyl (C=S) groups is 1. The highest BCUT2D eigenvalue weighted by atomic mass is 79.9. The first kappa shape index (κ1) is 17.9. The Balaban J connectivity index is 3.16. The molecule has 21 heavy (non-hydrogen) atoms. The highest BCUT2D eigenvalue weighted by Crippen LogP contribution is 2.33. The lowest BCUT2D eigenvalue weighted by Gasteiger charge is -2.22. The summed E-state index contributed by atoms with van der Waals surface area (Å²) >= 11 is 7.78. The molecule has 0 radical (unpaired) electrons. The van der Waals surface area contributed by atoms with E-state index in [1.807, 2.05) is 0 Å². The van der Waals surface area contributed by atoms with Gasteiger partial charge < -0.3 is 11.1 Å². The van der Waals surface area contributed by atoms with Crippen LogP contribution in [-0.4, -0.2) is 16.9 Å². The lowest BCUT2D eigenvalue weighted by Crippen LogP contribution is -2.47. The Morgan fingerprint density at radius 1 is 1.38 bits per heavy atom. The van der Waals surface area contributed by atoms with Gasteiger partial charge in [-0.05, 0) is 24.1 Å². The summed E-state index contributed by atoms with van der Waals surface area (Å²) in [5.41, 5.74) is 4.02. The van der Waals surface area contributed by atoms with E-state index >= 15 is 0 Å². The van der Waals surface area contributed by atoms with Crippen molar-refractivity contribution in [2.24, 2.45) is 11.7 Å². The maximum atomic E-state index is 13.0. The van der Waals surface area contributed by atoms with Crippen LogP contribution in [0.4, 0.5) is 13.2 Å². The van der Waals surface area contributed by atoms with E-state index in [1.54, 1.807) is 13.8 Å². The third-order valence-corrected chi connectivity index (χ3v) is 3.54. The first-order valence-corrected chi connectivity index (χ1v) is 7.21. The third kappa shape index (κ3) is 4.67. The monoisotopic (exact) mass is 382 g/mol. The van der Waals surface area contributed by atoms with E-state index in [1.165, 1.54) is 6.07 Å². The van der Waals surface area contributed by atoms with Crippen molar-refractivity contribution in [2.75, 3.05) is 0 Å². The molecule has 1 rings (SSSR count). The topological polar surface area (TPSA) is 55.1 Å². The molecule has 0 spiro atoms. The van der Waals surface area contributed by atoms with Gasteiger partial charge in [-0.3, -0.25) is 4.79 Å². The van der Waals surface area contributed by atoms with Gasteiger partial charge in [0.25, 0.3) is 5.91 Å². The number of alkyl halides is 3. The van der Waals surface area contributed by atoms with Crippen LogP contribution in [0.15, 0.2) is 22.7 Å². The van der Waals surface area contributed by atoms with E-state index in [9.17, 15) is 18.0 Å². The van der Waals surface area contributed by atoms with E-state index in [-0.39, 0.29) is 15.4 Å². The highest BCUT2D eigenvalue weighted by molar-refractivity contribution is 9.10. The number of carbonyl (C=O) groups excluding carboxylic acids is 1. The number of benzene rings is 1. The molecule has 0 aliphatic rings. The van der Waals surface area contributed by atoms with Crippen LogP contribution >= 0.6 is 28.1 Å². The van der Waals surface area contributed by atoms with Crippen LogP contribution in [0.25, 0.3) is 0 Å². The largest absolute Gasteiger partial charge is 0.417 e. The van der Waals surface area contributed by atoms with Gasteiger partial charge in [-0.2, -0.15) is 13.2 Å². The standard InChI is InChI=1S/C13H14BrF3N2OS/c1-6(2)10(11(18)21)19-12(20)8-4-3-7(14)5-9(8)13(15,16)17/h3-6,10H,1-2H3,(H2,18,21)(H,19,20). The number of amides is 1. The second kappa shape index (κ2) is 6.74. The molecule has 0 aromatic heterocycles. The summed E-state index contributed by atoms with van der Waals surface area (Å²) in [7, 11) is 0. The van der Waals surface area contributed by atoms with E-state index < -0.39 is 29.3 Å². The van der Waals surface area contributed by atoms with E-state index in [4.69, 9.17) is 18.0 Å². The normalized spacial score (nSPS) is 13.1. The van der Waals surface area contributed by atoms with Gasteiger partial charge in [-0.25, -0.2) is 0 Å². The van der Waals surface area contributed by atoms with Crippen LogP contribution in [0.1, 0.15) is 29.8 Å². The van der Waals surface area contributed by atoms with Gasteiger partial charge in [-0.1, -0.05) is 42.0 Å². The first-order chi connectivity index (χ1) is 9.54. The fourth-order valence-corrected chi connectivity index (χ4v) is 2.43. The van der Waals surface area contributed by atoms with Crippen molar-refractivity contribution < 1.29 is 18.0 Å². The van der Waals surface area contributed by atoms with Crippen molar-refractivity contribution in [1.29, 1.82) is 0 Å². The molecule has 3 nitrogen and oxygen atoms in total. The van der Waals surface area contributed by atoms with Crippen LogP contribution in [0.2, 0.25) is 0 Å². The van der Waals surface area contributed by atoms with Gasteiger partial charge in [0.2, 0.25) is 0 Å². The molecule has 116 valence electrons. The Hall–Kier alpha value is -1.15. The molecule has 0 saturated heterocycles. The van der Waals surface area contributed by atoms with Crippen LogP contribution in [0, 0.1) is 5.92 Å². The molecule has 3 N–H and O–H groups in total. The number of nitrogens with one attached hydrogen (secondary N) is 1. The summed E-state index contributed by atoms with van der Waals surface area (Å²) in [5.74, 6) is -0.988. The molecule has 0 bridgehead atoms. The molecule has 0 aliphatic carbocycles. The van der Waals surface area contributed by atoms with Crippen LogP contribution in [0.3, 0.4) is 0 Å². The lowest BCUT2D eigenvalue weighted by molar-refractivity contribution is -0.138. The third-order valence-electron chi connectivity index (χ3n) is 2.79. The minimum Gasteiger partial charge on any atom is -0.392 e. The fraction of sp³-hybridized carbons (Fsp3) is 0.385. The summed E-state index contributed by atoms with van der Waals surface area (Å²) in [5, 5.41) is 2.44. The Morgan fingerprint density at radius 3 is 2.38 bits per heavy atom. The van der Waals surface area contributed by atoms with Crippen molar-refractivity contribution in [3.05, 3.63) is 33.8 Å². The zero-order valence-corrected chi connectivity index (χ0v) is 13.7. The minimum absolute atomic E-state index is 0.0315. The quantitative estimate of drug-likeness (QED) is 0.783. The van der Waals surface area contributed by atoms with Crippen molar-refractivity contribution >= 4 is 39.0 Å². The smallest absolute Gasteiger partial charge is 0.392 e. The Kier molecular flexibility index (Phi) is 5.75. The average molecular weight is 383 g/mol. The van der Waals surface area contributed by atoms with Crippen LogP contribution < -0.4 is 11.1 Å². The predicted octanol–water partition coefficient (Wildman–Crippen LogP) is 3.51. The summed E-state index contributed by atoms with van der Waals surface area (Å²) in [6.07, 6.45) is -4.63. The zero-order valence-electron chi connectivity index (χ0n) is 11.3. The van der Waals surface area contributed by atoms with Gasteiger partial charge >= 0.3 is 6.18 Å². The second-order valence-electron chi connectivity index (χ2n) is 4.79. The van der Waals surface area contributed by atoms with Gasteiger partial charge in [0.1, 0.15) is 0 Å². The lowest BCUT2D eigenvalue weighted by atomic mass is 10.0. The molecule has 1 amide bonds. The second-order valence-corrected chi connectivity index (χ2v) is 6.17. The number of carbonyl (C=O) groups is 1. The first-order valence-electron chi connectivity index (χ1n) is 6.01. The molecule has 1 aromatic carbocycles. The molecule has 8 heteroatoms. The molecule has 1 aromatic rings. The Bertz CT molecular complexity index is 561. The van der Waals surface area contributed by atoms with E-state index in [0.717, 1.165) is 12.1 Å².